The molecule has 1 aromatic carbocycles. The molecule has 3 rings (SSSR count). The molecule has 1 N–H and O–H groups in total. The number of ether oxygens (including phenoxy) is 1. The molecule has 2 aliphatic rings. The maximum Gasteiger partial charge on any atom is 0.290 e. The summed E-state index contributed by atoms with van der Waals surface area (Å²) < 4.78 is 5.77. The van der Waals surface area contributed by atoms with Gasteiger partial charge in [-0.05, 0) is 47.9 Å². The topological polar surface area (TPSA) is 55.4 Å². The summed E-state index contributed by atoms with van der Waals surface area (Å²) in [5.74, 6) is 1.35. The van der Waals surface area contributed by atoms with Gasteiger partial charge >= 0.3 is 0 Å². The third-order valence-electron chi connectivity index (χ3n) is 4.09. The van der Waals surface area contributed by atoms with Crippen LogP contribution in [0.2, 0.25) is 0 Å². The maximum atomic E-state index is 11.5. The first kappa shape index (κ1) is 15.2. The molecular formula is C17H19NO3S. The Morgan fingerprint density at radius 3 is 2.55 bits per heavy atom. The van der Waals surface area contributed by atoms with Crippen molar-refractivity contribution < 1.29 is 14.3 Å². The number of imide groups is 1. The number of nitrogens with one attached hydrogen (secondary N) is 1. The monoisotopic (exact) mass is 317 g/mol. The number of hydrogen-bond acceptors (Lipinski definition) is 4. The molecular weight excluding hydrogens is 298 g/mol. The van der Waals surface area contributed by atoms with Gasteiger partial charge in [0.05, 0.1) is 11.5 Å². The Balaban J connectivity index is 1.52. The third kappa shape index (κ3) is 3.91. The molecule has 1 heterocycles. The molecule has 1 aromatic rings. The van der Waals surface area contributed by atoms with E-state index in [-0.39, 0.29) is 11.1 Å². The van der Waals surface area contributed by atoms with Gasteiger partial charge in [-0.15, -0.1) is 0 Å². The van der Waals surface area contributed by atoms with Crippen LogP contribution in [-0.2, 0) is 4.79 Å². The molecule has 0 atom stereocenters. The van der Waals surface area contributed by atoms with E-state index in [0.717, 1.165) is 42.0 Å². The van der Waals surface area contributed by atoms with E-state index in [2.05, 4.69) is 5.32 Å². The normalized spacial score (nSPS) is 20.6. The van der Waals surface area contributed by atoms with Crippen molar-refractivity contribution in [3.05, 3.63) is 34.7 Å². The van der Waals surface area contributed by atoms with Gasteiger partial charge in [-0.25, -0.2) is 0 Å². The van der Waals surface area contributed by atoms with Crippen molar-refractivity contribution in [2.75, 3.05) is 6.61 Å². The number of rotatable bonds is 5. The van der Waals surface area contributed by atoms with Gasteiger partial charge in [0.2, 0.25) is 0 Å². The fourth-order valence-electron chi connectivity index (χ4n) is 2.88. The molecule has 0 spiro atoms. The third-order valence-corrected chi connectivity index (χ3v) is 4.90. The van der Waals surface area contributed by atoms with Crippen molar-refractivity contribution in [2.24, 2.45) is 5.92 Å². The summed E-state index contributed by atoms with van der Waals surface area (Å²) in [5, 5.41) is 1.93. The van der Waals surface area contributed by atoms with Gasteiger partial charge in [-0.2, -0.15) is 0 Å². The molecule has 1 aliphatic carbocycles. The van der Waals surface area contributed by atoms with Crippen molar-refractivity contribution in [1.82, 2.24) is 5.32 Å². The van der Waals surface area contributed by atoms with Crippen LogP contribution in [0.5, 0.6) is 5.75 Å². The minimum atomic E-state index is -0.327. The first-order chi connectivity index (χ1) is 10.7. The lowest BCUT2D eigenvalue weighted by molar-refractivity contribution is -0.115. The van der Waals surface area contributed by atoms with E-state index in [0.29, 0.717) is 4.91 Å². The van der Waals surface area contributed by atoms with E-state index in [4.69, 9.17) is 4.74 Å². The minimum Gasteiger partial charge on any atom is -0.494 e. The van der Waals surface area contributed by atoms with Gasteiger partial charge in [0.25, 0.3) is 11.1 Å². The molecule has 1 saturated heterocycles. The first-order valence-electron chi connectivity index (χ1n) is 7.68. The summed E-state index contributed by atoms with van der Waals surface area (Å²) in [6.45, 7) is 0.762. The first-order valence-corrected chi connectivity index (χ1v) is 8.50. The molecule has 1 saturated carbocycles. The van der Waals surface area contributed by atoms with Crippen molar-refractivity contribution >= 4 is 29.0 Å². The van der Waals surface area contributed by atoms with Crippen LogP contribution in [0.3, 0.4) is 0 Å². The zero-order chi connectivity index (χ0) is 15.4. The second-order valence-electron chi connectivity index (χ2n) is 5.71. The lowest BCUT2D eigenvalue weighted by Gasteiger charge is -2.10. The van der Waals surface area contributed by atoms with E-state index in [1.165, 1.54) is 25.7 Å². The van der Waals surface area contributed by atoms with Gasteiger partial charge in [0.15, 0.2) is 0 Å². The van der Waals surface area contributed by atoms with E-state index in [1.54, 1.807) is 6.08 Å². The quantitative estimate of drug-likeness (QED) is 0.835. The second-order valence-corrected chi connectivity index (χ2v) is 6.72. The zero-order valence-corrected chi connectivity index (χ0v) is 13.2. The van der Waals surface area contributed by atoms with Crippen LogP contribution < -0.4 is 10.1 Å². The van der Waals surface area contributed by atoms with Crippen LogP contribution in [0.4, 0.5) is 4.79 Å². The Morgan fingerprint density at radius 1 is 1.18 bits per heavy atom. The molecule has 1 aliphatic heterocycles. The van der Waals surface area contributed by atoms with Crippen LogP contribution in [0.25, 0.3) is 6.08 Å². The van der Waals surface area contributed by atoms with Crippen LogP contribution in [-0.4, -0.2) is 17.8 Å². The Morgan fingerprint density at radius 2 is 1.91 bits per heavy atom. The highest BCUT2D eigenvalue weighted by molar-refractivity contribution is 8.18. The largest absolute Gasteiger partial charge is 0.494 e. The molecule has 2 amide bonds. The number of benzene rings is 1. The number of thioether (sulfide) groups is 1. The van der Waals surface area contributed by atoms with E-state index < -0.39 is 0 Å². The van der Waals surface area contributed by atoms with Gasteiger partial charge in [0.1, 0.15) is 5.75 Å². The predicted molar refractivity (Wildman–Crippen MR) is 87.6 cm³/mol. The average Bonchev–Trinajstić information content (AvgIpc) is 3.11. The van der Waals surface area contributed by atoms with Crippen LogP contribution in [0.1, 0.15) is 37.7 Å². The lowest BCUT2D eigenvalue weighted by Crippen LogP contribution is -2.17. The average molecular weight is 317 g/mol. The van der Waals surface area contributed by atoms with E-state index >= 15 is 0 Å². The van der Waals surface area contributed by atoms with Crippen LogP contribution in [0.15, 0.2) is 29.2 Å². The fourth-order valence-corrected chi connectivity index (χ4v) is 3.56. The highest BCUT2D eigenvalue weighted by atomic mass is 32.2. The van der Waals surface area contributed by atoms with E-state index in [1.807, 2.05) is 24.3 Å². The molecule has 4 nitrogen and oxygen atoms in total. The summed E-state index contributed by atoms with van der Waals surface area (Å²) in [6, 6.07) is 7.60. The molecule has 0 aromatic heterocycles. The molecule has 116 valence electrons. The van der Waals surface area contributed by atoms with Gasteiger partial charge < -0.3 is 4.74 Å². The minimum absolute atomic E-state index is 0.317. The number of carbonyl (C=O) groups excluding carboxylic acids is 2. The molecule has 0 radical (unpaired) electrons. The summed E-state index contributed by atoms with van der Waals surface area (Å²) in [7, 11) is 0. The summed E-state index contributed by atoms with van der Waals surface area (Å²) in [4.78, 5) is 23.0. The molecule has 0 bridgehead atoms. The molecule has 2 fully saturated rings. The van der Waals surface area contributed by atoms with Crippen LogP contribution in [0, 0.1) is 5.92 Å². The van der Waals surface area contributed by atoms with Gasteiger partial charge in [0, 0.05) is 0 Å². The Labute approximate surface area is 134 Å². The molecule has 0 unspecified atom stereocenters. The highest BCUT2D eigenvalue weighted by Gasteiger charge is 2.24. The van der Waals surface area contributed by atoms with Crippen LogP contribution >= 0.6 is 11.8 Å². The van der Waals surface area contributed by atoms with Crippen molar-refractivity contribution in [3.63, 3.8) is 0 Å². The van der Waals surface area contributed by atoms with Gasteiger partial charge in [-0.3, -0.25) is 14.9 Å². The summed E-state index contributed by atoms with van der Waals surface area (Å²) in [6.07, 6.45) is 8.25. The standard InChI is InChI=1S/C17H19NO3S/c19-16-15(22-17(20)18-16)11-13-5-7-14(8-6-13)21-10-9-12-3-1-2-4-12/h5-8,11-12H,1-4,9-10H2,(H,18,19,20). The number of carbonyl (C=O) groups is 2. The Kier molecular flexibility index (Phi) is 4.83. The Bertz CT molecular complexity index is 588. The zero-order valence-electron chi connectivity index (χ0n) is 12.3. The SMILES string of the molecule is O=C1NC(=O)C(=Cc2ccc(OCCC3CCCC3)cc2)S1. The van der Waals surface area contributed by atoms with Crippen molar-refractivity contribution in [2.45, 2.75) is 32.1 Å². The molecule has 22 heavy (non-hydrogen) atoms. The second kappa shape index (κ2) is 7.01. The van der Waals surface area contributed by atoms with E-state index in [9.17, 15) is 9.59 Å². The number of hydrogen-bond donors (Lipinski definition) is 1. The fraction of sp³-hybridized carbons (Fsp3) is 0.412. The number of amides is 2. The Hall–Kier alpha value is -1.75. The molecule has 5 heteroatoms. The van der Waals surface area contributed by atoms with Gasteiger partial charge in [-0.1, -0.05) is 37.8 Å². The maximum absolute atomic E-state index is 11.5. The van der Waals surface area contributed by atoms with Crippen molar-refractivity contribution in [1.29, 1.82) is 0 Å². The summed E-state index contributed by atoms with van der Waals surface area (Å²) >= 11 is 0.931. The smallest absolute Gasteiger partial charge is 0.290 e. The lowest BCUT2D eigenvalue weighted by atomic mass is 10.1. The highest BCUT2D eigenvalue weighted by Crippen LogP contribution is 2.28. The predicted octanol–water partition coefficient (Wildman–Crippen LogP) is 3.97. The van der Waals surface area contributed by atoms with Crippen molar-refractivity contribution in [3.8, 4) is 5.75 Å². The summed E-state index contributed by atoms with van der Waals surface area (Å²) in [5.41, 5.74) is 0.885.